The summed E-state index contributed by atoms with van der Waals surface area (Å²) in [5, 5.41) is 8.76. The molecule has 1 aliphatic heterocycles. The van der Waals surface area contributed by atoms with Crippen molar-refractivity contribution >= 4 is 44.9 Å². The van der Waals surface area contributed by atoms with Gasteiger partial charge in [0, 0.05) is 17.1 Å². The van der Waals surface area contributed by atoms with Crippen LogP contribution in [0.15, 0.2) is 47.4 Å². The highest BCUT2D eigenvalue weighted by Crippen LogP contribution is 2.51. The largest absolute Gasteiger partial charge is 0.480 e. The Morgan fingerprint density at radius 1 is 1.13 bits per heavy atom. The number of rotatable bonds is 5. The summed E-state index contributed by atoms with van der Waals surface area (Å²) in [7, 11) is -3.99. The molecule has 1 saturated carbocycles. The Hall–Kier alpha value is -2.16. The maximum atomic E-state index is 14.5. The fraction of sp³-hybridized carbons (Fsp3) is 0.333. The van der Waals surface area contributed by atoms with E-state index >= 15 is 0 Å². The molecular formula is C21H18Cl2FNO5S. The van der Waals surface area contributed by atoms with Crippen LogP contribution < -0.4 is 0 Å². The van der Waals surface area contributed by atoms with Crippen LogP contribution in [-0.2, 0) is 24.8 Å². The molecule has 2 aromatic rings. The van der Waals surface area contributed by atoms with Gasteiger partial charge in [-0.15, -0.1) is 0 Å². The van der Waals surface area contributed by atoms with Crippen molar-refractivity contribution in [2.45, 2.75) is 40.9 Å². The van der Waals surface area contributed by atoms with Crippen molar-refractivity contribution < 1.29 is 27.5 Å². The minimum atomic E-state index is -3.99. The molecule has 2 fully saturated rings. The Bertz CT molecular complexity index is 1180. The molecule has 10 heteroatoms. The first-order valence-electron chi connectivity index (χ1n) is 9.56. The molecular weight excluding hydrogens is 468 g/mol. The monoisotopic (exact) mass is 485 g/mol. The van der Waals surface area contributed by atoms with E-state index in [2.05, 4.69) is 0 Å². The van der Waals surface area contributed by atoms with Crippen molar-refractivity contribution in [1.82, 2.24) is 4.90 Å². The number of halogens is 3. The molecule has 2 atom stereocenters. The molecule has 2 aromatic carbocycles. The molecule has 164 valence electrons. The third-order valence-electron chi connectivity index (χ3n) is 6.00. The van der Waals surface area contributed by atoms with E-state index in [-0.39, 0.29) is 33.5 Å². The van der Waals surface area contributed by atoms with E-state index in [1.54, 1.807) is 6.07 Å². The number of aliphatic carboxylic acids is 1. The van der Waals surface area contributed by atoms with Crippen molar-refractivity contribution in [1.29, 1.82) is 0 Å². The minimum absolute atomic E-state index is 0.0288. The summed E-state index contributed by atoms with van der Waals surface area (Å²) in [6, 6.07) is 8.56. The van der Waals surface area contributed by atoms with Gasteiger partial charge in [0.25, 0.3) is 0 Å². The zero-order valence-electron chi connectivity index (χ0n) is 16.1. The average molecular weight is 486 g/mol. The third-order valence-corrected chi connectivity index (χ3v) is 8.86. The maximum absolute atomic E-state index is 14.5. The van der Waals surface area contributed by atoms with Crippen molar-refractivity contribution in [2.24, 2.45) is 0 Å². The number of hydrogen-bond donors (Lipinski definition) is 1. The number of nitrogens with zero attached hydrogens (tertiary/aromatic N) is 1. The highest BCUT2D eigenvalue weighted by atomic mass is 35.5. The lowest BCUT2D eigenvalue weighted by Gasteiger charge is -2.27. The van der Waals surface area contributed by atoms with Crippen LogP contribution >= 0.6 is 23.2 Å². The summed E-state index contributed by atoms with van der Waals surface area (Å²) in [6.45, 7) is -0.305. The number of hydrogen-bond acceptors (Lipinski definition) is 4. The van der Waals surface area contributed by atoms with E-state index in [9.17, 15) is 27.5 Å². The van der Waals surface area contributed by atoms with Gasteiger partial charge in [0.05, 0.1) is 20.6 Å². The molecule has 0 aromatic heterocycles. The smallest absolute Gasteiger partial charge is 0.326 e. The number of likely N-dealkylation sites (tertiary alicyclic amines) is 1. The Kier molecular flexibility index (Phi) is 5.52. The van der Waals surface area contributed by atoms with E-state index in [1.807, 2.05) is 0 Å². The number of amides is 1. The number of carboxylic acids is 1. The summed E-state index contributed by atoms with van der Waals surface area (Å²) < 4.78 is 40.8. The van der Waals surface area contributed by atoms with Crippen molar-refractivity contribution in [3.63, 3.8) is 0 Å². The van der Waals surface area contributed by atoms with Gasteiger partial charge >= 0.3 is 5.97 Å². The van der Waals surface area contributed by atoms with Gasteiger partial charge < -0.3 is 10.0 Å². The van der Waals surface area contributed by atoms with Gasteiger partial charge in [-0.2, -0.15) is 0 Å². The van der Waals surface area contributed by atoms with Crippen LogP contribution in [0.1, 0.15) is 24.8 Å². The molecule has 0 bridgehead atoms. The molecule has 1 saturated heterocycles. The van der Waals surface area contributed by atoms with Crippen LogP contribution in [-0.4, -0.2) is 48.1 Å². The molecule has 4 rings (SSSR count). The molecule has 31 heavy (non-hydrogen) atoms. The molecule has 0 spiro atoms. The van der Waals surface area contributed by atoms with Crippen LogP contribution in [0.5, 0.6) is 0 Å². The molecule has 0 unspecified atom stereocenters. The molecule has 1 N–H and O–H groups in total. The van der Waals surface area contributed by atoms with E-state index < -0.39 is 44.2 Å². The van der Waals surface area contributed by atoms with Gasteiger partial charge in [-0.3, -0.25) is 4.79 Å². The molecule has 2 aliphatic rings. The number of sulfone groups is 1. The Labute approximate surface area is 188 Å². The van der Waals surface area contributed by atoms with E-state index in [4.69, 9.17) is 23.2 Å². The predicted octanol–water partition coefficient (Wildman–Crippen LogP) is 3.69. The second kappa shape index (κ2) is 7.76. The van der Waals surface area contributed by atoms with Crippen LogP contribution in [0.3, 0.4) is 0 Å². The van der Waals surface area contributed by atoms with Crippen LogP contribution in [0.25, 0.3) is 0 Å². The number of carbonyl (C=O) groups is 2. The summed E-state index contributed by atoms with van der Waals surface area (Å²) >= 11 is 11.9. The Balaban J connectivity index is 1.68. The zero-order chi connectivity index (χ0) is 22.6. The van der Waals surface area contributed by atoms with Crippen molar-refractivity contribution in [2.75, 3.05) is 6.54 Å². The third kappa shape index (κ3) is 3.70. The fourth-order valence-electron chi connectivity index (χ4n) is 4.21. The number of benzene rings is 2. The predicted molar refractivity (Wildman–Crippen MR) is 113 cm³/mol. The van der Waals surface area contributed by atoms with Gasteiger partial charge in [-0.1, -0.05) is 41.4 Å². The van der Waals surface area contributed by atoms with Crippen molar-refractivity contribution in [3.05, 3.63) is 63.9 Å². The topological polar surface area (TPSA) is 91.8 Å². The van der Waals surface area contributed by atoms with Gasteiger partial charge in [0.15, 0.2) is 9.84 Å². The molecule has 1 amide bonds. The van der Waals surface area contributed by atoms with Gasteiger partial charge in [-0.05, 0) is 43.5 Å². The lowest BCUT2D eigenvalue weighted by Crippen LogP contribution is -2.46. The van der Waals surface area contributed by atoms with Crippen LogP contribution in [0, 0.1) is 5.82 Å². The van der Waals surface area contributed by atoms with Gasteiger partial charge in [0.2, 0.25) is 5.91 Å². The van der Waals surface area contributed by atoms with Crippen molar-refractivity contribution in [3.8, 4) is 0 Å². The zero-order valence-corrected chi connectivity index (χ0v) is 18.4. The lowest BCUT2D eigenvalue weighted by molar-refractivity contribution is -0.149. The Morgan fingerprint density at radius 3 is 2.39 bits per heavy atom. The summed E-state index contributed by atoms with van der Waals surface area (Å²) in [5.41, 5.74) is -1.06. The molecule has 1 aliphatic carbocycles. The number of carbonyl (C=O) groups excluding carboxylic acids is 1. The molecule has 0 radical (unpaired) electrons. The van der Waals surface area contributed by atoms with Gasteiger partial charge in [-0.25, -0.2) is 17.6 Å². The maximum Gasteiger partial charge on any atom is 0.326 e. The SMILES string of the molecule is O=C(O)[C@@H]1C[C@@H](S(=O)(=O)c2ccccc2Cl)CN1C(=O)C1(c2ccc(Cl)cc2F)CC1. The van der Waals surface area contributed by atoms with E-state index in [0.29, 0.717) is 12.8 Å². The normalized spacial score (nSPS) is 22.4. The van der Waals surface area contributed by atoms with Crippen LogP contribution in [0.2, 0.25) is 10.0 Å². The molecule has 6 nitrogen and oxygen atoms in total. The second-order valence-corrected chi connectivity index (χ2v) is 10.9. The lowest BCUT2D eigenvalue weighted by atomic mass is 9.93. The minimum Gasteiger partial charge on any atom is -0.480 e. The fourth-order valence-corrected chi connectivity index (χ4v) is 6.59. The first-order chi connectivity index (χ1) is 14.6. The Morgan fingerprint density at radius 2 is 1.81 bits per heavy atom. The van der Waals surface area contributed by atoms with E-state index in [1.165, 1.54) is 30.3 Å². The second-order valence-electron chi connectivity index (χ2n) is 7.85. The first kappa shape index (κ1) is 22.0. The summed E-state index contributed by atoms with van der Waals surface area (Å²) in [5.74, 6) is -2.54. The highest BCUT2D eigenvalue weighted by Gasteiger charge is 2.58. The van der Waals surface area contributed by atoms with E-state index in [0.717, 1.165) is 11.0 Å². The van der Waals surface area contributed by atoms with Gasteiger partial charge in [0.1, 0.15) is 11.9 Å². The quantitative estimate of drug-likeness (QED) is 0.696. The molecule has 1 heterocycles. The first-order valence-corrected chi connectivity index (χ1v) is 11.9. The number of carboxylic acid groups (broad SMARTS) is 1. The standard InChI is InChI=1S/C21H18Cl2FNO5S/c22-12-5-6-14(16(24)9-12)21(7-8-21)20(28)25-11-13(10-17(25)19(26)27)31(29,30)18-4-2-1-3-15(18)23/h1-6,9,13,17H,7-8,10-11H2,(H,26,27)/t13-,17+/m1/s1. The highest BCUT2D eigenvalue weighted by molar-refractivity contribution is 7.92. The summed E-state index contributed by atoms with van der Waals surface area (Å²) in [6.07, 6.45) is 0.415. The van der Waals surface area contributed by atoms with Crippen LogP contribution in [0.4, 0.5) is 4.39 Å². The summed E-state index contributed by atoms with van der Waals surface area (Å²) in [4.78, 5) is 26.2. The average Bonchev–Trinajstić information content (AvgIpc) is 3.37.